The van der Waals surface area contributed by atoms with Gasteiger partial charge in [-0.15, -0.1) is 0 Å². The van der Waals surface area contributed by atoms with E-state index in [-0.39, 0.29) is 11.7 Å². The van der Waals surface area contributed by atoms with Gasteiger partial charge in [-0.05, 0) is 34.0 Å². The highest BCUT2D eigenvalue weighted by atomic mass is 16.5. The third-order valence-corrected chi connectivity index (χ3v) is 2.43. The van der Waals surface area contributed by atoms with Crippen LogP contribution in [0.15, 0.2) is 12.4 Å². The van der Waals surface area contributed by atoms with E-state index < -0.39 is 5.97 Å². The van der Waals surface area contributed by atoms with Crippen molar-refractivity contribution < 1.29 is 9.53 Å². The van der Waals surface area contributed by atoms with Crippen molar-refractivity contribution in [1.82, 2.24) is 14.9 Å². The number of hydrogen-bond donors (Lipinski definition) is 1. The number of rotatable bonds is 6. The SMILES string of the molecule is COC(=O)c1cncc(NC(C)CCN(C)C)n1. The average Bonchev–Trinajstić information content (AvgIpc) is 2.35. The van der Waals surface area contributed by atoms with Crippen LogP contribution in [0.2, 0.25) is 0 Å². The first-order valence-electron chi connectivity index (χ1n) is 5.84. The van der Waals surface area contributed by atoms with Crippen molar-refractivity contribution in [3.05, 3.63) is 18.1 Å². The number of carbonyl (C=O) groups excluding carboxylic acids is 1. The quantitative estimate of drug-likeness (QED) is 0.762. The fourth-order valence-corrected chi connectivity index (χ4v) is 1.41. The predicted molar refractivity (Wildman–Crippen MR) is 69.6 cm³/mol. The third-order valence-electron chi connectivity index (χ3n) is 2.43. The molecule has 0 saturated heterocycles. The Labute approximate surface area is 107 Å². The highest BCUT2D eigenvalue weighted by molar-refractivity contribution is 5.87. The number of anilines is 1. The summed E-state index contributed by atoms with van der Waals surface area (Å²) in [5.41, 5.74) is 0.210. The number of hydrogen-bond acceptors (Lipinski definition) is 6. The Morgan fingerprint density at radius 1 is 1.50 bits per heavy atom. The fraction of sp³-hybridized carbons (Fsp3) is 0.583. The number of ether oxygens (including phenoxy) is 1. The molecule has 0 fully saturated rings. The molecule has 18 heavy (non-hydrogen) atoms. The molecule has 1 rings (SSSR count). The van der Waals surface area contributed by atoms with Gasteiger partial charge in [-0.25, -0.2) is 9.78 Å². The lowest BCUT2D eigenvalue weighted by molar-refractivity contribution is 0.0593. The Kier molecular flexibility index (Phi) is 5.51. The Morgan fingerprint density at radius 2 is 2.22 bits per heavy atom. The minimum atomic E-state index is -0.480. The topological polar surface area (TPSA) is 67.3 Å². The lowest BCUT2D eigenvalue weighted by Gasteiger charge is -2.17. The van der Waals surface area contributed by atoms with E-state index in [2.05, 4.69) is 31.8 Å². The number of methoxy groups -OCH3 is 1. The van der Waals surface area contributed by atoms with E-state index in [1.54, 1.807) is 6.20 Å². The summed E-state index contributed by atoms with van der Waals surface area (Å²) in [5, 5.41) is 3.21. The molecule has 0 aliphatic carbocycles. The molecule has 0 radical (unpaired) electrons. The van der Waals surface area contributed by atoms with Gasteiger partial charge >= 0.3 is 5.97 Å². The molecule has 0 aromatic carbocycles. The van der Waals surface area contributed by atoms with E-state index >= 15 is 0 Å². The second-order valence-corrected chi connectivity index (χ2v) is 4.42. The van der Waals surface area contributed by atoms with Gasteiger partial charge in [0, 0.05) is 6.04 Å². The summed E-state index contributed by atoms with van der Waals surface area (Å²) in [6.45, 7) is 3.05. The largest absolute Gasteiger partial charge is 0.464 e. The van der Waals surface area contributed by atoms with Gasteiger partial charge in [0.05, 0.1) is 19.5 Å². The van der Waals surface area contributed by atoms with Crippen molar-refractivity contribution in [2.24, 2.45) is 0 Å². The van der Waals surface area contributed by atoms with Crippen LogP contribution in [0.25, 0.3) is 0 Å². The number of aromatic nitrogens is 2. The smallest absolute Gasteiger partial charge is 0.358 e. The van der Waals surface area contributed by atoms with Gasteiger partial charge in [-0.1, -0.05) is 0 Å². The molecule has 0 amide bonds. The van der Waals surface area contributed by atoms with E-state index in [4.69, 9.17) is 0 Å². The molecule has 0 bridgehead atoms. The van der Waals surface area contributed by atoms with Crippen molar-refractivity contribution >= 4 is 11.8 Å². The standard InChI is InChI=1S/C12H20N4O2/c1-9(5-6-16(2)3)14-11-8-13-7-10(15-11)12(17)18-4/h7-9H,5-6H2,1-4H3,(H,14,15). The van der Waals surface area contributed by atoms with Crippen LogP contribution in [0.3, 0.4) is 0 Å². The van der Waals surface area contributed by atoms with Crippen molar-refractivity contribution in [3.8, 4) is 0 Å². The minimum Gasteiger partial charge on any atom is -0.464 e. The molecule has 0 aliphatic heterocycles. The van der Waals surface area contributed by atoms with E-state index in [1.165, 1.54) is 13.3 Å². The molecular formula is C12H20N4O2. The summed E-state index contributed by atoms with van der Waals surface area (Å²) in [6, 6.07) is 0.259. The Hall–Kier alpha value is -1.69. The Morgan fingerprint density at radius 3 is 2.83 bits per heavy atom. The summed E-state index contributed by atoms with van der Waals surface area (Å²) < 4.78 is 4.60. The Bertz CT molecular complexity index is 395. The minimum absolute atomic E-state index is 0.210. The molecule has 1 N–H and O–H groups in total. The van der Waals surface area contributed by atoms with Crippen LogP contribution in [-0.2, 0) is 4.74 Å². The van der Waals surface area contributed by atoms with E-state index in [0.717, 1.165) is 13.0 Å². The molecule has 1 atom stereocenters. The lowest BCUT2D eigenvalue weighted by Crippen LogP contribution is -2.23. The van der Waals surface area contributed by atoms with Gasteiger partial charge in [0.2, 0.25) is 0 Å². The van der Waals surface area contributed by atoms with Crippen LogP contribution in [0.1, 0.15) is 23.8 Å². The van der Waals surface area contributed by atoms with Crippen molar-refractivity contribution in [1.29, 1.82) is 0 Å². The van der Waals surface area contributed by atoms with E-state index in [1.807, 2.05) is 14.1 Å². The zero-order valence-electron chi connectivity index (χ0n) is 11.3. The molecule has 1 heterocycles. The van der Waals surface area contributed by atoms with Gasteiger partial charge in [0.1, 0.15) is 5.82 Å². The van der Waals surface area contributed by atoms with Crippen molar-refractivity contribution in [2.75, 3.05) is 33.1 Å². The lowest BCUT2D eigenvalue weighted by atomic mass is 10.2. The molecule has 6 nitrogen and oxygen atoms in total. The van der Waals surface area contributed by atoms with Crippen molar-refractivity contribution in [3.63, 3.8) is 0 Å². The number of nitrogens with one attached hydrogen (secondary N) is 1. The molecule has 1 aromatic rings. The van der Waals surface area contributed by atoms with Gasteiger partial charge in [-0.3, -0.25) is 4.98 Å². The molecule has 1 aromatic heterocycles. The maximum atomic E-state index is 11.3. The summed E-state index contributed by atoms with van der Waals surface area (Å²) in [5.74, 6) is 0.108. The summed E-state index contributed by atoms with van der Waals surface area (Å²) >= 11 is 0. The van der Waals surface area contributed by atoms with Gasteiger partial charge in [0.15, 0.2) is 5.69 Å². The zero-order chi connectivity index (χ0) is 13.5. The fourth-order valence-electron chi connectivity index (χ4n) is 1.41. The maximum Gasteiger partial charge on any atom is 0.358 e. The number of nitrogens with zero attached hydrogens (tertiary/aromatic N) is 3. The summed E-state index contributed by atoms with van der Waals surface area (Å²) in [7, 11) is 5.39. The molecular weight excluding hydrogens is 232 g/mol. The van der Waals surface area contributed by atoms with Gasteiger partial charge in [0.25, 0.3) is 0 Å². The van der Waals surface area contributed by atoms with Crippen LogP contribution in [0, 0.1) is 0 Å². The molecule has 1 unspecified atom stereocenters. The first-order valence-corrected chi connectivity index (χ1v) is 5.84. The molecule has 100 valence electrons. The van der Waals surface area contributed by atoms with Crippen LogP contribution >= 0.6 is 0 Å². The maximum absolute atomic E-state index is 11.3. The van der Waals surface area contributed by atoms with Crippen LogP contribution in [-0.4, -0.2) is 54.6 Å². The highest BCUT2D eigenvalue weighted by Gasteiger charge is 2.10. The van der Waals surface area contributed by atoms with Crippen LogP contribution in [0.4, 0.5) is 5.82 Å². The average molecular weight is 252 g/mol. The van der Waals surface area contributed by atoms with Crippen LogP contribution < -0.4 is 5.32 Å². The van der Waals surface area contributed by atoms with Crippen LogP contribution in [0.5, 0.6) is 0 Å². The highest BCUT2D eigenvalue weighted by Crippen LogP contribution is 2.07. The number of carbonyl (C=O) groups is 1. The normalized spacial score (nSPS) is 12.3. The molecule has 0 aliphatic rings. The van der Waals surface area contributed by atoms with Crippen molar-refractivity contribution in [2.45, 2.75) is 19.4 Å². The zero-order valence-corrected chi connectivity index (χ0v) is 11.3. The second kappa shape index (κ2) is 6.90. The summed E-state index contributed by atoms with van der Waals surface area (Å²) in [4.78, 5) is 21.5. The first kappa shape index (κ1) is 14.4. The Balaban J connectivity index is 2.59. The summed E-state index contributed by atoms with van der Waals surface area (Å²) in [6.07, 6.45) is 3.97. The number of esters is 1. The third kappa shape index (κ3) is 4.67. The molecule has 0 saturated carbocycles. The van der Waals surface area contributed by atoms with Gasteiger partial charge in [-0.2, -0.15) is 0 Å². The predicted octanol–water partition coefficient (Wildman–Crippen LogP) is 1.02. The second-order valence-electron chi connectivity index (χ2n) is 4.42. The van der Waals surface area contributed by atoms with E-state index in [9.17, 15) is 4.79 Å². The van der Waals surface area contributed by atoms with E-state index in [0.29, 0.717) is 5.82 Å². The first-order chi connectivity index (χ1) is 8.52. The monoisotopic (exact) mass is 252 g/mol. The molecule has 6 heteroatoms. The van der Waals surface area contributed by atoms with Gasteiger partial charge < -0.3 is 15.0 Å². The molecule has 0 spiro atoms.